The molecule has 17 heavy (non-hydrogen) atoms. The predicted octanol–water partition coefficient (Wildman–Crippen LogP) is 3.41. The lowest BCUT2D eigenvalue weighted by molar-refractivity contribution is -0.117. The molecule has 3 nitrogen and oxygen atoms in total. The van der Waals surface area contributed by atoms with Crippen LogP contribution >= 0.6 is 27.5 Å². The van der Waals surface area contributed by atoms with Gasteiger partial charge in [-0.2, -0.15) is 0 Å². The number of benzene rings is 1. The summed E-state index contributed by atoms with van der Waals surface area (Å²) in [5.74, 6) is 0.180. The Kier molecular flexibility index (Phi) is 5.43. The van der Waals surface area contributed by atoms with Gasteiger partial charge in [0.2, 0.25) is 5.91 Å². The van der Waals surface area contributed by atoms with E-state index in [4.69, 9.17) is 17.3 Å². The van der Waals surface area contributed by atoms with E-state index in [-0.39, 0.29) is 5.91 Å². The quantitative estimate of drug-likeness (QED) is 0.893. The summed E-state index contributed by atoms with van der Waals surface area (Å²) in [5.41, 5.74) is 6.36. The molecule has 5 heteroatoms. The van der Waals surface area contributed by atoms with Crippen LogP contribution in [-0.2, 0) is 4.79 Å². The third kappa shape index (κ3) is 4.66. The van der Waals surface area contributed by atoms with Crippen LogP contribution in [0, 0.1) is 5.92 Å². The lowest BCUT2D eigenvalue weighted by Crippen LogP contribution is -2.36. The zero-order chi connectivity index (χ0) is 13.0. The maximum Gasteiger partial charge on any atom is 0.241 e. The highest BCUT2D eigenvalue weighted by Gasteiger charge is 2.16. The molecule has 0 bridgehead atoms. The van der Waals surface area contributed by atoms with Crippen molar-refractivity contribution in [1.29, 1.82) is 0 Å². The SMILES string of the molecule is CC(C)C[C@@H](N)C(=O)Nc1ccc(Br)cc1Cl. The van der Waals surface area contributed by atoms with Gasteiger partial charge in [0.05, 0.1) is 16.8 Å². The Morgan fingerprint density at radius 3 is 2.71 bits per heavy atom. The second-order valence-electron chi connectivity index (χ2n) is 4.35. The second kappa shape index (κ2) is 6.38. The zero-order valence-corrected chi connectivity index (χ0v) is 12.2. The fraction of sp³-hybridized carbons (Fsp3) is 0.417. The van der Waals surface area contributed by atoms with Gasteiger partial charge in [0.1, 0.15) is 0 Å². The Bertz CT molecular complexity index is 409. The van der Waals surface area contributed by atoms with E-state index in [0.29, 0.717) is 23.0 Å². The van der Waals surface area contributed by atoms with Gasteiger partial charge in [0.25, 0.3) is 0 Å². The molecule has 1 aromatic carbocycles. The Balaban J connectivity index is 2.67. The molecular weight excluding hydrogens is 304 g/mol. The maximum atomic E-state index is 11.8. The van der Waals surface area contributed by atoms with E-state index in [2.05, 4.69) is 21.2 Å². The number of hydrogen-bond acceptors (Lipinski definition) is 2. The third-order valence-corrected chi connectivity index (χ3v) is 3.06. The monoisotopic (exact) mass is 318 g/mol. The predicted molar refractivity (Wildman–Crippen MR) is 75.2 cm³/mol. The molecule has 94 valence electrons. The number of halogens is 2. The standard InChI is InChI=1S/C12H16BrClN2O/c1-7(2)5-10(15)12(17)16-11-4-3-8(13)6-9(11)14/h3-4,6-7,10H,5,15H2,1-2H3,(H,16,17)/t10-/m1/s1. The van der Waals surface area contributed by atoms with Crippen LogP contribution in [0.5, 0.6) is 0 Å². The molecule has 0 aliphatic rings. The number of amides is 1. The lowest BCUT2D eigenvalue weighted by atomic mass is 10.0. The van der Waals surface area contributed by atoms with Gasteiger partial charge in [-0.1, -0.05) is 41.4 Å². The van der Waals surface area contributed by atoms with E-state index in [0.717, 1.165) is 4.47 Å². The van der Waals surface area contributed by atoms with Crippen molar-refractivity contribution < 1.29 is 4.79 Å². The number of nitrogens with one attached hydrogen (secondary N) is 1. The molecule has 0 fully saturated rings. The van der Waals surface area contributed by atoms with Gasteiger partial charge in [0.15, 0.2) is 0 Å². The summed E-state index contributed by atoms with van der Waals surface area (Å²) < 4.78 is 0.868. The van der Waals surface area contributed by atoms with Crippen LogP contribution in [0.4, 0.5) is 5.69 Å². The Morgan fingerprint density at radius 1 is 1.53 bits per heavy atom. The molecule has 0 aliphatic heterocycles. The normalized spacial score (nSPS) is 12.6. The van der Waals surface area contributed by atoms with Crippen molar-refractivity contribution in [3.63, 3.8) is 0 Å². The molecule has 0 radical (unpaired) electrons. The van der Waals surface area contributed by atoms with Crippen molar-refractivity contribution in [1.82, 2.24) is 0 Å². The van der Waals surface area contributed by atoms with E-state index in [1.165, 1.54) is 0 Å². The number of hydrogen-bond donors (Lipinski definition) is 2. The van der Waals surface area contributed by atoms with Crippen molar-refractivity contribution >= 4 is 39.1 Å². The molecule has 0 aliphatic carbocycles. The summed E-state index contributed by atoms with van der Waals surface area (Å²) in [6.07, 6.45) is 0.653. The number of rotatable bonds is 4. The van der Waals surface area contributed by atoms with Gasteiger partial charge in [-0.15, -0.1) is 0 Å². The van der Waals surface area contributed by atoms with E-state index >= 15 is 0 Å². The second-order valence-corrected chi connectivity index (χ2v) is 5.67. The van der Waals surface area contributed by atoms with E-state index in [1.807, 2.05) is 19.9 Å². The van der Waals surface area contributed by atoms with E-state index in [1.54, 1.807) is 12.1 Å². The maximum absolute atomic E-state index is 11.8. The average molecular weight is 320 g/mol. The summed E-state index contributed by atoms with van der Waals surface area (Å²) in [6, 6.07) is 4.78. The lowest BCUT2D eigenvalue weighted by Gasteiger charge is -2.14. The largest absolute Gasteiger partial charge is 0.323 e. The molecule has 0 saturated heterocycles. The fourth-order valence-corrected chi connectivity index (χ4v) is 2.15. The molecular formula is C12H16BrClN2O. The molecule has 0 heterocycles. The molecule has 1 amide bonds. The number of nitrogens with two attached hydrogens (primary N) is 1. The first-order valence-electron chi connectivity index (χ1n) is 5.41. The summed E-state index contributed by atoms with van der Waals surface area (Å²) in [5, 5.41) is 3.22. The Labute approximate surface area is 115 Å². The highest BCUT2D eigenvalue weighted by atomic mass is 79.9. The first kappa shape index (κ1) is 14.5. The topological polar surface area (TPSA) is 55.1 Å². The van der Waals surface area contributed by atoms with Crippen molar-refractivity contribution in [3.8, 4) is 0 Å². The summed E-state index contributed by atoms with van der Waals surface area (Å²) >= 11 is 9.30. The van der Waals surface area contributed by atoms with Crippen LogP contribution in [-0.4, -0.2) is 11.9 Å². The molecule has 0 aromatic heterocycles. The molecule has 0 spiro atoms. The van der Waals surface area contributed by atoms with Crippen LogP contribution in [0.15, 0.2) is 22.7 Å². The third-order valence-electron chi connectivity index (χ3n) is 2.25. The molecule has 0 saturated carbocycles. The van der Waals surface area contributed by atoms with Crippen LogP contribution in [0.1, 0.15) is 20.3 Å². The summed E-state index contributed by atoms with van der Waals surface area (Å²) in [6.45, 7) is 4.06. The minimum absolute atomic E-state index is 0.206. The number of carbonyl (C=O) groups excluding carboxylic acids is 1. The van der Waals surface area contributed by atoms with Gasteiger partial charge in [-0.3, -0.25) is 4.79 Å². The van der Waals surface area contributed by atoms with E-state index < -0.39 is 6.04 Å². The van der Waals surface area contributed by atoms with Crippen LogP contribution in [0.25, 0.3) is 0 Å². The van der Waals surface area contributed by atoms with Gasteiger partial charge in [0, 0.05) is 4.47 Å². The van der Waals surface area contributed by atoms with Gasteiger partial charge < -0.3 is 11.1 Å². The molecule has 1 atom stereocenters. The van der Waals surface area contributed by atoms with Crippen molar-refractivity contribution in [2.75, 3.05) is 5.32 Å². The highest BCUT2D eigenvalue weighted by molar-refractivity contribution is 9.10. The van der Waals surface area contributed by atoms with Crippen molar-refractivity contribution in [3.05, 3.63) is 27.7 Å². The van der Waals surface area contributed by atoms with Crippen molar-refractivity contribution in [2.24, 2.45) is 11.7 Å². The molecule has 0 unspecified atom stereocenters. The minimum Gasteiger partial charge on any atom is -0.323 e. The fourth-order valence-electron chi connectivity index (χ4n) is 1.43. The van der Waals surface area contributed by atoms with Crippen LogP contribution < -0.4 is 11.1 Å². The zero-order valence-electron chi connectivity index (χ0n) is 9.84. The van der Waals surface area contributed by atoms with Gasteiger partial charge >= 0.3 is 0 Å². The Morgan fingerprint density at radius 2 is 2.18 bits per heavy atom. The minimum atomic E-state index is -0.505. The number of carbonyl (C=O) groups is 1. The molecule has 1 aromatic rings. The summed E-state index contributed by atoms with van der Waals surface area (Å²) in [7, 11) is 0. The van der Waals surface area contributed by atoms with Crippen molar-refractivity contribution in [2.45, 2.75) is 26.3 Å². The first-order chi connectivity index (χ1) is 7.90. The average Bonchev–Trinajstić information content (AvgIpc) is 2.21. The van der Waals surface area contributed by atoms with Crippen LogP contribution in [0.2, 0.25) is 5.02 Å². The first-order valence-corrected chi connectivity index (χ1v) is 6.58. The van der Waals surface area contributed by atoms with Gasteiger partial charge in [-0.25, -0.2) is 0 Å². The van der Waals surface area contributed by atoms with Gasteiger partial charge in [-0.05, 0) is 30.5 Å². The highest BCUT2D eigenvalue weighted by Crippen LogP contribution is 2.25. The molecule has 1 rings (SSSR count). The van der Waals surface area contributed by atoms with Crippen LogP contribution in [0.3, 0.4) is 0 Å². The number of anilines is 1. The Hall–Kier alpha value is -0.580. The summed E-state index contributed by atoms with van der Waals surface area (Å²) in [4.78, 5) is 11.8. The molecule has 3 N–H and O–H groups in total. The smallest absolute Gasteiger partial charge is 0.241 e. The van der Waals surface area contributed by atoms with E-state index in [9.17, 15) is 4.79 Å².